The molecule has 0 atom stereocenters. The van der Waals surface area contributed by atoms with Crippen molar-refractivity contribution in [2.45, 2.75) is 19.3 Å². The lowest BCUT2D eigenvalue weighted by Crippen LogP contribution is -2.52. The lowest BCUT2D eigenvalue weighted by Gasteiger charge is -2.30. The summed E-state index contributed by atoms with van der Waals surface area (Å²) in [6.07, 6.45) is 0. The standard InChI is InChI=1S/C14H18BrFN2O/c1-14(2,8-18-13(19)9-6-17-7-9)11-5-10(15)3-4-12(11)16/h3-5,9,17H,6-8H2,1-2H3,(H,18,19). The first-order chi connectivity index (χ1) is 8.90. The number of carbonyl (C=O) groups excluding carboxylic acids is 1. The Morgan fingerprint density at radius 2 is 2.21 bits per heavy atom. The summed E-state index contributed by atoms with van der Waals surface area (Å²) in [6.45, 7) is 5.75. The summed E-state index contributed by atoms with van der Waals surface area (Å²) in [6, 6.07) is 4.89. The van der Waals surface area contributed by atoms with Gasteiger partial charge in [-0.3, -0.25) is 4.79 Å². The smallest absolute Gasteiger partial charge is 0.225 e. The first-order valence-electron chi connectivity index (χ1n) is 6.34. The van der Waals surface area contributed by atoms with Crippen LogP contribution in [0.15, 0.2) is 22.7 Å². The maximum absolute atomic E-state index is 13.9. The van der Waals surface area contributed by atoms with Crippen molar-refractivity contribution in [3.8, 4) is 0 Å². The number of rotatable bonds is 4. The molecule has 1 aromatic carbocycles. The molecule has 0 spiro atoms. The number of nitrogens with one attached hydrogen (secondary N) is 2. The molecule has 19 heavy (non-hydrogen) atoms. The van der Waals surface area contributed by atoms with Crippen LogP contribution in [0.3, 0.4) is 0 Å². The molecule has 0 aromatic heterocycles. The van der Waals surface area contributed by atoms with E-state index in [9.17, 15) is 9.18 Å². The molecule has 1 aliphatic rings. The molecular formula is C14H18BrFN2O. The summed E-state index contributed by atoms with van der Waals surface area (Å²) < 4.78 is 14.7. The second-order valence-electron chi connectivity index (χ2n) is 5.58. The fourth-order valence-corrected chi connectivity index (χ4v) is 2.40. The Morgan fingerprint density at radius 1 is 1.53 bits per heavy atom. The van der Waals surface area contributed by atoms with Crippen molar-refractivity contribution < 1.29 is 9.18 Å². The van der Waals surface area contributed by atoms with Gasteiger partial charge in [0.05, 0.1) is 5.92 Å². The Kier molecular flexibility index (Phi) is 4.26. The SMILES string of the molecule is CC(C)(CNC(=O)C1CNC1)c1cc(Br)ccc1F. The highest BCUT2D eigenvalue weighted by Crippen LogP contribution is 2.28. The average Bonchev–Trinajstić information content (AvgIpc) is 2.27. The van der Waals surface area contributed by atoms with Crippen LogP contribution in [0.1, 0.15) is 19.4 Å². The number of halogens is 2. The van der Waals surface area contributed by atoms with Gasteiger partial charge in [-0.1, -0.05) is 29.8 Å². The molecule has 104 valence electrons. The molecule has 1 fully saturated rings. The predicted molar refractivity (Wildman–Crippen MR) is 76.5 cm³/mol. The molecule has 1 amide bonds. The van der Waals surface area contributed by atoms with Crippen molar-refractivity contribution >= 4 is 21.8 Å². The summed E-state index contributed by atoms with van der Waals surface area (Å²) in [7, 11) is 0. The van der Waals surface area contributed by atoms with Gasteiger partial charge in [-0.15, -0.1) is 0 Å². The van der Waals surface area contributed by atoms with Gasteiger partial charge < -0.3 is 10.6 Å². The van der Waals surface area contributed by atoms with E-state index in [1.807, 2.05) is 13.8 Å². The van der Waals surface area contributed by atoms with Crippen molar-refractivity contribution in [2.75, 3.05) is 19.6 Å². The minimum atomic E-state index is -0.444. The molecule has 1 heterocycles. The molecule has 5 heteroatoms. The molecule has 0 radical (unpaired) electrons. The van der Waals surface area contributed by atoms with E-state index in [4.69, 9.17) is 0 Å². The second-order valence-corrected chi connectivity index (χ2v) is 6.50. The van der Waals surface area contributed by atoms with Gasteiger partial charge in [0.2, 0.25) is 5.91 Å². The number of hydrogen-bond donors (Lipinski definition) is 2. The molecule has 2 rings (SSSR count). The zero-order chi connectivity index (χ0) is 14.0. The van der Waals surface area contributed by atoms with E-state index in [-0.39, 0.29) is 17.6 Å². The molecular weight excluding hydrogens is 311 g/mol. The number of carbonyl (C=O) groups is 1. The molecule has 3 nitrogen and oxygen atoms in total. The van der Waals surface area contributed by atoms with Crippen molar-refractivity contribution in [3.63, 3.8) is 0 Å². The monoisotopic (exact) mass is 328 g/mol. The summed E-state index contributed by atoms with van der Waals surface area (Å²) >= 11 is 3.35. The van der Waals surface area contributed by atoms with Crippen LogP contribution in [0.5, 0.6) is 0 Å². The van der Waals surface area contributed by atoms with E-state index < -0.39 is 5.41 Å². The van der Waals surface area contributed by atoms with E-state index in [2.05, 4.69) is 26.6 Å². The van der Waals surface area contributed by atoms with Crippen LogP contribution in [-0.2, 0) is 10.2 Å². The summed E-state index contributed by atoms with van der Waals surface area (Å²) in [4.78, 5) is 11.8. The third-order valence-corrected chi connectivity index (χ3v) is 4.01. The quantitative estimate of drug-likeness (QED) is 0.889. The number of amides is 1. The largest absolute Gasteiger partial charge is 0.355 e. The third-order valence-electron chi connectivity index (χ3n) is 3.51. The molecule has 1 aliphatic heterocycles. The topological polar surface area (TPSA) is 41.1 Å². The second kappa shape index (κ2) is 5.59. The van der Waals surface area contributed by atoms with Crippen molar-refractivity contribution in [1.29, 1.82) is 0 Å². The summed E-state index contributed by atoms with van der Waals surface area (Å²) in [5.74, 6) is -0.141. The number of hydrogen-bond acceptors (Lipinski definition) is 2. The first kappa shape index (κ1) is 14.5. The van der Waals surface area contributed by atoms with Gasteiger partial charge in [-0.05, 0) is 23.8 Å². The van der Waals surface area contributed by atoms with Crippen molar-refractivity contribution in [2.24, 2.45) is 5.92 Å². The van der Waals surface area contributed by atoms with E-state index in [1.165, 1.54) is 6.07 Å². The fourth-order valence-electron chi connectivity index (χ4n) is 2.04. The van der Waals surface area contributed by atoms with Gasteiger partial charge in [-0.2, -0.15) is 0 Å². The van der Waals surface area contributed by atoms with Gasteiger partial charge in [0.15, 0.2) is 0 Å². The highest BCUT2D eigenvalue weighted by Gasteiger charge is 2.29. The van der Waals surface area contributed by atoms with Crippen LogP contribution in [0.2, 0.25) is 0 Å². The minimum Gasteiger partial charge on any atom is -0.355 e. The maximum atomic E-state index is 13.9. The van der Waals surface area contributed by atoms with E-state index in [1.54, 1.807) is 12.1 Å². The lowest BCUT2D eigenvalue weighted by molar-refractivity contribution is -0.126. The first-order valence-corrected chi connectivity index (χ1v) is 7.13. The van der Waals surface area contributed by atoms with Crippen molar-refractivity contribution in [3.05, 3.63) is 34.1 Å². The normalized spacial score (nSPS) is 16.0. The van der Waals surface area contributed by atoms with Gasteiger partial charge in [-0.25, -0.2) is 4.39 Å². The number of benzene rings is 1. The minimum absolute atomic E-state index is 0.0437. The van der Waals surface area contributed by atoms with Crippen LogP contribution >= 0.6 is 15.9 Å². The van der Waals surface area contributed by atoms with Gasteiger partial charge >= 0.3 is 0 Å². The molecule has 2 N–H and O–H groups in total. The highest BCUT2D eigenvalue weighted by molar-refractivity contribution is 9.10. The molecule has 1 saturated heterocycles. The van der Waals surface area contributed by atoms with Crippen molar-refractivity contribution in [1.82, 2.24) is 10.6 Å². The fraction of sp³-hybridized carbons (Fsp3) is 0.500. The van der Waals surface area contributed by atoms with Crippen LogP contribution in [0, 0.1) is 11.7 Å². The lowest BCUT2D eigenvalue weighted by atomic mass is 9.84. The summed E-state index contributed by atoms with van der Waals surface area (Å²) in [5, 5.41) is 5.97. The Balaban J connectivity index is 2.04. The van der Waals surface area contributed by atoms with Crippen LogP contribution < -0.4 is 10.6 Å². The van der Waals surface area contributed by atoms with Crippen LogP contribution in [-0.4, -0.2) is 25.5 Å². The van der Waals surface area contributed by atoms with E-state index in [0.29, 0.717) is 12.1 Å². The molecule has 0 aliphatic carbocycles. The Labute approximate surface area is 121 Å². The Bertz CT molecular complexity index is 486. The molecule has 1 aromatic rings. The molecule has 0 bridgehead atoms. The van der Waals surface area contributed by atoms with E-state index in [0.717, 1.165) is 17.6 Å². The maximum Gasteiger partial charge on any atom is 0.225 e. The summed E-state index contributed by atoms with van der Waals surface area (Å²) in [5.41, 5.74) is 0.162. The zero-order valence-corrected chi connectivity index (χ0v) is 12.7. The highest BCUT2D eigenvalue weighted by atomic mass is 79.9. The molecule has 0 unspecified atom stereocenters. The Morgan fingerprint density at radius 3 is 2.79 bits per heavy atom. The average molecular weight is 329 g/mol. The molecule has 0 saturated carbocycles. The Hall–Kier alpha value is -0.940. The van der Waals surface area contributed by atoms with Gasteiger partial charge in [0, 0.05) is 29.5 Å². The van der Waals surface area contributed by atoms with E-state index >= 15 is 0 Å². The van der Waals surface area contributed by atoms with Crippen LogP contribution in [0.25, 0.3) is 0 Å². The van der Waals surface area contributed by atoms with Gasteiger partial charge in [0.1, 0.15) is 5.82 Å². The van der Waals surface area contributed by atoms with Crippen LogP contribution in [0.4, 0.5) is 4.39 Å². The predicted octanol–water partition coefficient (Wildman–Crippen LogP) is 2.20. The zero-order valence-electron chi connectivity index (χ0n) is 11.1. The van der Waals surface area contributed by atoms with Gasteiger partial charge in [0.25, 0.3) is 0 Å². The third kappa shape index (κ3) is 3.34.